The Bertz CT molecular complexity index is 634. The van der Waals surface area contributed by atoms with Crippen LogP contribution in [0.15, 0.2) is 46.9 Å². The zero-order valence-electron chi connectivity index (χ0n) is 10.5. The molecule has 0 amide bonds. The lowest BCUT2D eigenvalue weighted by molar-refractivity contribution is -0.385. The van der Waals surface area contributed by atoms with Crippen LogP contribution in [0, 0.1) is 15.9 Å². The van der Waals surface area contributed by atoms with E-state index in [2.05, 4.69) is 21.2 Å². The van der Waals surface area contributed by atoms with Crippen molar-refractivity contribution in [3.8, 4) is 0 Å². The monoisotopic (exact) mass is 338 g/mol. The summed E-state index contributed by atoms with van der Waals surface area (Å²) in [4.78, 5) is 10.5. The van der Waals surface area contributed by atoms with Crippen molar-refractivity contribution in [2.75, 3.05) is 0 Å². The first-order chi connectivity index (χ1) is 9.58. The number of rotatable bonds is 5. The Morgan fingerprint density at radius 1 is 1.15 bits per heavy atom. The largest absolute Gasteiger partial charge is 0.308 e. The molecule has 0 unspecified atom stereocenters. The van der Waals surface area contributed by atoms with Gasteiger partial charge in [-0.05, 0) is 23.8 Å². The molecule has 0 heterocycles. The second-order valence-electron chi connectivity index (χ2n) is 4.23. The van der Waals surface area contributed by atoms with E-state index >= 15 is 0 Å². The highest BCUT2D eigenvalue weighted by molar-refractivity contribution is 9.10. The number of hydrogen-bond acceptors (Lipinski definition) is 3. The lowest BCUT2D eigenvalue weighted by Crippen LogP contribution is -2.14. The van der Waals surface area contributed by atoms with Gasteiger partial charge in [0.2, 0.25) is 0 Å². The summed E-state index contributed by atoms with van der Waals surface area (Å²) in [5, 5.41) is 14.0. The van der Waals surface area contributed by atoms with Crippen molar-refractivity contribution in [2.45, 2.75) is 13.1 Å². The molecule has 0 bridgehead atoms. The van der Waals surface area contributed by atoms with Crippen molar-refractivity contribution in [1.82, 2.24) is 5.32 Å². The minimum Gasteiger partial charge on any atom is -0.308 e. The minimum atomic E-state index is -0.408. The Hall–Kier alpha value is -1.79. The maximum Gasteiger partial charge on any atom is 0.273 e. The summed E-state index contributed by atoms with van der Waals surface area (Å²) in [6, 6.07) is 11.0. The van der Waals surface area contributed by atoms with Crippen LogP contribution < -0.4 is 5.32 Å². The molecule has 6 heteroatoms. The van der Waals surface area contributed by atoms with Gasteiger partial charge in [0, 0.05) is 29.2 Å². The fraction of sp³-hybridized carbons (Fsp3) is 0.143. The smallest absolute Gasteiger partial charge is 0.273 e. The first-order valence-electron chi connectivity index (χ1n) is 5.95. The van der Waals surface area contributed by atoms with E-state index in [1.165, 1.54) is 18.2 Å². The molecule has 20 heavy (non-hydrogen) atoms. The molecule has 2 aromatic rings. The highest BCUT2D eigenvalue weighted by Crippen LogP contribution is 2.19. The van der Waals surface area contributed by atoms with Gasteiger partial charge in [-0.25, -0.2) is 4.39 Å². The third-order valence-electron chi connectivity index (χ3n) is 2.83. The zero-order valence-corrected chi connectivity index (χ0v) is 12.1. The summed E-state index contributed by atoms with van der Waals surface area (Å²) in [7, 11) is 0. The van der Waals surface area contributed by atoms with Crippen molar-refractivity contribution < 1.29 is 9.31 Å². The molecule has 0 aromatic heterocycles. The van der Waals surface area contributed by atoms with Crippen molar-refractivity contribution in [3.63, 3.8) is 0 Å². The molecule has 0 aliphatic heterocycles. The Labute approximate surface area is 123 Å². The second-order valence-corrected chi connectivity index (χ2v) is 5.08. The molecule has 2 rings (SSSR count). The SMILES string of the molecule is O=[N+]([O-])c1ccccc1CNCc1cc(F)ccc1Br. The van der Waals surface area contributed by atoms with Gasteiger partial charge >= 0.3 is 0 Å². The van der Waals surface area contributed by atoms with Crippen LogP contribution in [0.1, 0.15) is 11.1 Å². The van der Waals surface area contributed by atoms with E-state index in [0.29, 0.717) is 18.7 Å². The molecule has 0 aliphatic carbocycles. The van der Waals surface area contributed by atoms with Gasteiger partial charge in [-0.15, -0.1) is 0 Å². The van der Waals surface area contributed by atoms with Crippen molar-refractivity contribution in [3.05, 3.63) is 74.0 Å². The van der Waals surface area contributed by atoms with Gasteiger partial charge in [0.15, 0.2) is 0 Å². The summed E-state index contributed by atoms with van der Waals surface area (Å²) in [6.07, 6.45) is 0. The minimum absolute atomic E-state index is 0.0818. The summed E-state index contributed by atoms with van der Waals surface area (Å²) < 4.78 is 13.9. The molecule has 4 nitrogen and oxygen atoms in total. The number of nitrogens with zero attached hydrogens (tertiary/aromatic N) is 1. The molecular formula is C14H12BrFN2O2. The molecule has 0 saturated carbocycles. The fourth-order valence-corrected chi connectivity index (χ4v) is 2.24. The van der Waals surface area contributed by atoms with Crippen LogP contribution in [0.3, 0.4) is 0 Å². The van der Waals surface area contributed by atoms with E-state index in [1.807, 2.05) is 0 Å². The lowest BCUT2D eigenvalue weighted by Gasteiger charge is -2.07. The molecule has 1 N–H and O–H groups in total. The van der Waals surface area contributed by atoms with Crippen molar-refractivity contribution in [1.29, 1.82) is 0 Å². The first kappa shape index (κ1) is 14.6. The van der Waals surface area contributed by atoms with E-state index in [-0.39, 0.29) is 11.5 Å². The molecular weight excluding hydrogens is 327 g/mol. The Morgan fingerprint density at radius 2 is 1.85 bits per heavy atom. The number of nitrogens with one attached hydrogen (secondary N) is 1. The molecule has 2 aromatic carbocycles. The van der Waals surface area contributed by atoms with E-state index < -0.39 is 4.92 Å². The quantitative estimate of drug-likeness (QED) is 0.666. The third-order valence-corrected chi connectivity index (χ3v) is 3.60. The van der Waals surface area contributed by atoms with E-state index in [9.17, 15) is 14.5 Å². The van der Waals surface area contributed by atoms with Crippen LogP contribution in [0.4, 0.5) is 10.1 Å². The van der Waals surface area contributed by atoms with Gasteiger partial charge in [0.05, 0.1) is 4.92 Å². The molecule has 0 fully saturated rings. The summed E-state index contributed by atoms with van der Waals surface area (Å²) in [5.74, 6) is -0.310. The topological polar surface area (TPSA) is 55.2 Å². The number of nitro groups is 1. The van der Waals surface area contributed by atoms with E-state index in [4.69, 9.17) is 0 Å². The summed E-state index contributed by atoms with van der Waals surface area (Å²) in [6.45, 7) is 0.768. The predicted molar refractivity (Wildman–Crippen MR) is 77.7 cm³/mol. The van der Waals surface area contributed by atoms with Gasteiger partial charge in [0.1, 0.15) is 5.82 Å². The molecule has 0 atom stereocenters. The maximum absolute atomic E-state index is 13.1. The van der Waals surface area contributed by atoms with Crippen molar-refractivity contribution in [2.24, 2.45) is 0 Å². The molecule has 104 valence electrons. The highest BCUT2D eigenvalue weighted by Gasteiger charge is 2.11. The predicted octanol–water partition coefficient (Wildman–Crippen LogP) is 3.79. The second kappa shape index (κ2) is 6.58. The Kier molecular flexibility index (Phi) is 4.81. The Balaban J connectivity index is 2.03. The highest BCUT2D eigenvalue weighted by atomic mass is 79.9. The summed E-state index contributed by atoms with van der Waals surface area (Å²) >= 11 is 3.34. The van der Waals surface area contributed by atoms with Gasteiger partial charge in [-0.1, -0.05) is 34.1 Å². The van der Waals surface area contributed by atoms with Crippen molar-refractivity contribution >= 4 is 21.6 Å². The van der Waals surface area contributed by atoms with Gasteiger partial charge in [0.25, 0.3) is 5.69 Å². The van der Waals surface area contributed by atoms with Gasteiger partial charge in [-0.2, -0.15) is 0 Å². The van der Waals surface area contributed by atoms with Crippen LogP contribution in [0.25, 0.3) is 0 Å². The first-order valence-corrected chi connectivity index (χ1v) is 6.74. The maximum atomic E-state index is 13.1. The lowest BCUT2D eigenvalue weighted by atomic mass is 10.1. The molecule has 0 radical (unpaired) electrons. The van der Waals surface area contributed by atoms with Crippen LogP contribution in [-0.2, 0) is 13.1 Å². The zero-order chi connectivity index (χ0) is 14.5. The summed E-state index contributed by atoms with van der Waals surface area (Å²) in [5.41, 5.74) is 1.45. The standard InChI is InChI=1S/C14H12BrFN2O2/c15-13-6-5-12(16)7-11(13)9-17-8-10-3-1-2-4-14(10)18(19)20/h1-7,17H,8-9H2. The number of nitro benzene ring substituents is 1. The van der Waals surface area contributed by atoms with Crippen LogP contribution in [0.5, 0.6) is 0 Å². The Morgan fingerprint density at radius 3 is 2.60 bits per heavy atom. The number of hydrogen-bond donors (Lipinski definition) is 1. The third kappa shape index (κ3) is 3.61. The number of benzene rings is 2. The normalized spacial score (nSPS) is 10.5. The average molecular weight is 339 g/mol. The molecule has 0 saturated heterocycles. The fourth-order valence-electron chi connectivity index (χ4n) is 1.85. The average Bonchev–Trinajstić information content (AvgIpc) is 2.43. The molecule has 0 aliphatic rings. The van der Waals surface area contributed by atoms with E-state index in [0.717, 1.165) is 10.0 Å². The molecule has 0 spiro atoms. The van der Waals surface area contributed by atoms with Gasteiger partial charge in [-0.3, -0.25) is 10.1 Å². The van der Waals surface area contributed by atoms with Crippen LogP contribution in [0.2, 0.25) is 0 Å². The van der Waals surface area contributed by atoms with Crippen LogP contribution in [-0.4, -0.2) is 4.92 Å². The number of halogens is 2. The van der Waals surface area contributed by atoms with Crippen LogP contribution >= 0.6 is 15.9 Å². The van der Waals surface area contributed by atoms with E-state index in [1.54, 1.807) is 24.3 Å². The van der Waals surface area contributed by atoms with Gasteiger partial charge < -0.3 is 5.32 Å². The number of para-hydroxylation sites is 1.